The fourth-order valence-corrected chi connectivity index (χ4v) is 3.84. The van der Waals surface area contributed by atoms with Gasteiger partial charge in [-0.25, -0.2) is 0 Å². The van der Waals surface area contributed by atoms with E-state index in [2.05, 4.69) is 30.4 Å². The number of nitriles is 1. The molecule has 0 aromatic heterocycles. The Morgan fingerprint density at radius 1 is 1.03 bits per heavy atom. The van der Waals surface area contributed by atoms with Gasteiger partial charge in [0.1, 0.15) is 24.0 Å². The van der Waals surface area contributed by atoms with E-state index in [-0.39, 0.29) is 5.57 Å². The van der Waals surface area contributed by atoms with Crippen molar-refractivity contribution in [2.45, 2.75) is 20.0 Å². The fourth-order valence-electron chi connectivity index (χ4n) is 3.66. The van der Waals surface area contributed by atoms with Crippen LogP contribution < -0.4 is 10.1 Å². The predicted molar refractivity (Wildman–Crippen MR) is 138 cm³/mol. The third-order valence-corrected chi connectivity index (χ3v) is 5.76. The van der Waals surface area contributed by atoms with E-state index in [0.29, 0.717) is 28.6 Å². The van der Waals surface area contributed by atoms with Gasteiger partial charge in [0, 0.05) is 16.3 Å². The van der Waals surface area contributed by atoms with Crippen molar-refractivity contribution in [3.05, 3.63) is 112 Å². The number of rotatable bonds is 7. The molecule has 4 nitrogen and oxygen atoms in total. The molecule has 168 valence electrons. The Labute approximate surface area is 204 Å². The molecule has 0 aliphatic rings. The molecule has 0 atom stereocenters. The van der Waals surface area contributed by atoms with Crippen molar-refractivity contribution < 1.29 is 9.53 Å². The molecular formula is C29H23ClN2O2. The average molecular weight is 467 g/mol. The lowest BCUT2D eigenvalue weighted by Crippen LogP contribution is -2.13. The van der Waals surface area contributed by atoms with Crippen molar-refractivity contribution in [2.75, 3.05) is 5.32 Å². The number of nitrogens with one attached hydrogen (secondary N) is 1. The highest BCUT2D eigenvalue weighted by Crippen LogP contribution is 2.28. The molecule has 0 aliphatic heterocycles. The molecule has 0 unspecified atom stereocenters. The van der Waals surface area contributed by atoms with Crippen LogP contribution in [-0.2, 0) is 17.8 Å². The van der Waals surface area contributed by atoms with E-state index in [1.54, 1.807) is 18.2 Å². The standard InChI is InChI=1S/C29H23ClN2O2/c1-2-20-10-13-26(14-11-20)32-29(33)24(18-31)16-23-17-25(30)12-15-28(23)34-19-22-8-5-7-21-6-3-4-9-27(21)22/h3-17H,2,19H2,1H3,(H,32,33)/b24-16+. The van der Waals surface area contributed by atoms with Crippen LogP contribution in [0, 0.1) is 11.3 Å². The van der Waals surface area contributed by atoms with Crippen molar-refractivity contribution in [3.8, 4) is 11.8 Å². The van der Waals surface area contributed by atoms with E-state index >= 15 is 0 Å². The highest BCUT2D eigenvalue weighted by atomic mass is 35.5. The van der Waals surface area contributed by atoms with Crippen LogP contribution >= 0.6 is 11.6 Å². The summed E-state index contributed by atoms with van der Waals surface area (Å²) < 4.78 is 6.11. The zero-order chi connectivity index (χ0) is 23.9. The zero-order valence-corrected chi connectivity index (χ0v) is 19.5. The number of carbonyl (C=O) groups is 1. The van der Waals surface area contributed by atoms with Crippen LogP contribution in [0.15, 0.2) is 90.5 Å². The number of hydrogen-bond acceptors (Lipinski definition) is 3. The van der Waals surface area contributed by atoms with Crippen LogP contribution in [0.1, 0.15) is 23.6 Å². The number of ether oxygens (including phenoxy) is 1. The van der Waals surface area contributed by atoms with Crippen molar-refractivity contribution in [2.24, 2.45) is 0 Å². The summed E-state index contributed by atoms with van der Waals surface area (Å²) in [6.07, 6.45) is 2.41. The first kappa shape index (κ1) is 23.1. The first-order valence-corrected chi connectivity index (χ1v) is 11.4. The lowest BCUT2D eigenvalue weighted by molar-refractivity contribution is -0.112. The van der Waals surface area contributed by atoms with E-state index in [1.807, 2.05) is 54.6 Å². The van der Waals surface area contributed by atoms with Crippen LogP contribution in [0.25, 0.3) is 16.8 Å². The number of anilines is 1. The molecule has 4 rings (SSSR count). The summed E-state index contributed by atoms with van der Waals surface area (Å²) in [5, 5.41) is 15.2. The molecular weight excluding hydrogens is 444 g/mol. The molecule has 0 spiro atoms. The van der Waals surface area contributed by atoms with Gasteiger partial charge in [0.25, 0.3) is 5.91 Å². The Kier molecular flexibility index (Phi) is 7.27. The van der Waals surface area contributed by atoms with Crippen LogP contribution in [-0.4, -0.2) is 5.91 Å². The molecule has 0 saturated carbocycles. The number of benzene rings is 4. The van der Waals surface area contributed by atoms with Gasteiger partial charge in [-0.2, -0.15) is 5.26 Å². The topological polar surface area (TPSA) is 62.1 Å². The molecule has 0 heterocycles. The predicted octanol–water partition coefficient (Wildman–Crippen LogP) is 7.18. The summed E-state index contributed by atoms with van der Waals surface area (Å²) in [7, 11) is 0. The summed E-state index contributed by atoms with van der Waals surface area (Å²) in [5.41, 5.74) is 3.34. The third kappa shape index (κ3) is 5.46. The van der Waals surface area contributed by atoms with Gasteiger partial charge in [-0.15, -0.1) is 0 Å². The van der Waals surface area contributed by atoms with E-state index in [1.165, 1.54) is 11.6 Å². The van der Waals surface area contributed by atoms with Crippen LogP contribution in [0.3, 0.4) is 0 Å². The molecule has 0 bridgehead atoms. The highest BCUT2D eigenvalue weighted by molar-refractivity contribution is 6.30. The van der Waals surface area contributed by atoms with Gasteiger partial charge in [0.05, 0.1) is 0 Å². The van der Waals surface area contributed by atoms with Gasteiger partial charge in [-0.05, 0) is 64.7 Å². The van der Waals surface area contributed by atoms with Gasteiger partial charge in [-0.1, -0.05) is 73.1 Å². The number of aryl methyl sites for hydroxylation is 1. The van der Waals surface area contributed by atoms with E-state index < -0.39 is 5.91 Å². The summed E-state index contributed by atoms with van der Waals surface area (Å²) in [4.78, 5) is 12.7. The molecule has 1 N–H and O–H groups in total. The van der Waals surface area contributed by atoms with Crippen molar-refractivity contribution in [1.82, 2.24) is 0 Å². The van der Waals surface area contributed by atoms with Crippen LogP contribution in [0.2, 0.25) is 5.02 Å². The summed E-state index contributed by atoms with van der Waals surface area (Å²) in [5.74, 6) is 0.0388. The minimum atomic E-state index is -0.494. The number of carbonyl (C=O) groups excluding carboxylic acids is 1. The first-order chi connectivity index (χ1) is 16.6. The number of halogens is 1. The number of fused-ring (bicyclic) bond motifs is 1. The monoisotopic (exact) mass is 466 g/mol. The highest BCUT2D eigenvalue weighted by Gasteiger charge is 2.13. The normalized spacial score (nSPS) is 11.1. The third-order valence-electron chi connectivity index (χ3n) is 5.52. The van der Waals surface area contributed by atoms with Crippen LogP contribution in [0.5, 0.6) is 5.75 Å². The quantitative estimate of drug-likeness (QED) is 0.232. The SMILES string of the molecule is CCc1ccc(NC(=O)/C(C#N)=C/c2cc(Cl)ccc2OCc2cccc3ccccc23)cc1. The first-order valence-electron chi connectivity index (χ1n) is 11.0. The van der Waals surface area contributed by atoms with Crippen LogP contribution in [0.4, 0.5) is 5.69 Å². The Bertz CT molecular complexity index is 1400. The minimum absolute atomic E-state index is 0.0446. The Morgan fingerprint density at radius 2 is 1.79 bits per heavy atom. The van der Waals surface area contributed by atoms with Gasteiger partial charge in [-0.3, -0.25) is 4.79 Å². The maximum Gasteiger partial charge on any atom is 0.266 e. The molecule has 4 aromatic carbocycles. The number of nitrogens with zero attached hydrogens (tertiary/aromatic N) is 1. The lowest BCUT2D eigenvalue weighted by atomic mass is 10.1. The fraction of sp³-hybridized carbons (Fsp3) is 0.103. The summed E-state index contributed by atoms with van der Waals surface area (Å²) in [6.45, 7) is 2.40. The maximum atomic E-state index is 12.7. The molecule has 0 saturated heterocycles. The Balaban J connectivity index is 1.57. The second-order valence-electron chi connectivity index (χ2n) is 7.78. The molecule has 0 aliphatic carbocycles. The number of amides is 1. The van der Waals surface area contributed by atoms with E-state index in [4.69, 9.17) is 16.3 Å². The van der Waals surface area contributed by atoms with Gasteiger partial charge >= 0.3 is 0 Å². The average Bonchev–Trinajstić information content (AvgIpc) is 2.87. The largest absolute Gasteiger partial charge is 0.488 e. The van der Waals surface area contributed by atoms with Crippen molar-refractivity contribution in [3.63, 3.8) is 0 Å². The minimum Gasteiger partial charge on any atom is -0.488 e. The molecule has 0 radical (unpaired) electrons. The summed E-state index contributed by atoms with van der Waals surface area (Å²) in [6, 6.07) is 28.9. The van der Waals surface area contributed by atoms with Gasteiger partial charge in [0.15, 0.2) is 0 Å². The molecule has 0 fully saturated rings. The Morgan fingerprint density at radius 3 is 2.56 bits per heavy atom. The number of hydrogen-bond donors (Lipinski definition) is 1. The molecule has 1 amide bonds. The van der Waals surface area contributed by atoms with E-state index in [0.717, 1.165) is 22.8 Å². The summed E-state index contributed by atoms with van der Waals surface area (Å²) >= 11 is 6.21. The smallest absolute Gasteiger partial charge is 0.266 e. The van der Waals surface area contributed by atoms with Crippen molar-refractivity contribution in [1.29, 1.82) is 5.26 Å². The maximum absolute atomic E-state index is 12.7. The lowest BCUT2D eigenvalue weighted by Gasteiger charge is -2.12. The van der Waals surface area contributed by atoms with Gasteiger partial charge < -0.3 is 10.1 Å². The van der Waals surface area contributed by atoms with Crippen molar-refractivity contribution >= 4 is 40.0 Å². The molecule has 4 aromatic rings. The van der Waals surface area contributed by atoms with E-state index in [9.17, 15) is 10.1 Å². The van der Waals surface area contributed by atoms with Gasteiger partial charge in [0.2, 0.25) is 0 Å². The second-order valence-corrected chi connectivity index (χ2v) is 8.22. The molecule has 5 heteroatoms. The second kappa shape index (κ2) is 10.7. The molecule has 34 heavy (non-hydrogen) atoms. The Hall–Kier alpha value is -4.07. The zero-order valence-electron chi connectivity index (χ0n) is 18.7.